The molecular formula is C32H47N3O8S. The number of carbonyl (C=O) groups is 5. The molecule has 0 aromatic heterocycles. The van der Waals surface area contributed by atoms with Gasteiger partial charge in [-0.25, -0.2) is 14.4 Å². The monoisotopic (exact) mass is 633 g/mol. The molecule has 2 saturated heterocycles. The maximum absolute atomic E-state index is 13.2. The highest BCUT2D eigenvalue weighted by atomic mass is 32.2. The van der Waals surface area contributed by atoms with Crippen molar-refractivity contribution in [3.05, 3.63) is 35.9 Å². The second-order valence-electron chi connectivity index (χ2n) is 12.8. The van der Waals surface area contributed by atoms with Crippen LogP contribution in [-0.2, 0) is 39.8 Å². The highest BCUT2D eigenvalue weighted by molar-refractivity contribution is 8.01. The zero-order valence-electron chi connectivity index (χ0n) is 26.7. The number of benzene rings is 1. The maximum atomic E-state index is 13.2. The number of amides is 3. The van der Waals surface area contributed by atoms with Crippen LogP contribution in [0.15, 0.2) is 30.3 Å². The smallest absolute Gasteiger partial charge is 0.408 e. The number of alkyl carbamates (subject to hydrolysis) is 1. The first-order chi connectivity index (χ1) is 20.7. The van der Waals surface area contributed by atoms with Crippen LogP contribution in [0.1, 0.15) is 92.1 Å². The molecule has 12 heteroatoms. The number of β-lactam (4-membered cyclic amide) rings is 1. The van der Waals surface area contributed by atoms with E-state index in [1.807, 2.05) is 44.2 Å². The van der Waals surface area contributed by atoms with Gasteiger partial charge >= 0.3 is 18.0 Å². The highest BCUT2D eigenvalue weighted by Gasteiger charge is 2.64. The summed E-state index contributed by atoms with van der Waals surface area (Å²) in [5.41, 5.74) is 0.0930. The molecule has 2 N–H and O–H groups in total. The number of thioether (sulfide) groups is 1. The Kier molecular flexibility index (Phi) is 12.5. The summed E-state index contributed by atoms with van der Waals surface area (Å²) in [5, 5.41) is 4.96. The largest absolute Gasteiger partial charge is 0.444 e. The van der Waals surface area contributed by atoms with Gasteiger partial charge in [0.2, 0.25) is 18.6 Å². The van der Waals surface area contributed by atoms with Crippen molar-refractivity contribution < 1.29 is 38.2 Å². The van der Waals surface area contributed by atoms with E-state index in [0.717, 1.165) is 37.7 Å². The van der Waals surface area contributed by atoms with Crippen molar-refractivity contribution in [1.82, 2.24) is 15.5 Å². The Morgan fingerprint density at radius 1 is 1.00 bits per heavy atom. The number of carbonyl (C=O) groups excluding carboxylic acids is 5. The molecule has 3 rings (SSSR count). The van der Waals surface area contributed by atoms with Gasteiger partial charge in [0.25, 0.3) is 0 Å². The van der Waals surface area contributed by atoms with Gasteiger partial charge in [-0.1, -0.05) is 75.8 Å². The number of esters is 2. The average molecular weight is 634 g/mol. The van der Waals surface area contributed by atoms with Gasteiger partial charge in [-0.05, 0) is 46.6 Å². The fraction of sp³-hybridized carbons (Fsp3) is 0.656. The zero-order chi connectivity index (χ0) is 32.5. The number of fused-ring (bicyclic) bond motifs is 1. The third-order valence-electron chi connectivity index (χ3n) is 7.41. The Morgan fingerprint density at radius 3 is 2.32 bits per heavy atom. The van der Waals surface area contributed by atoms with Crippen LogP contribution in [0.4, 0.5) is 4.79 Å². The molecule has 2 heterocycles. The lowest BCUT2D eigenvalue weighted by Crippen LogP contribution is -2.70. The first-order valence-electron chi connectivity index (χ1n) is 15.4. The molecule has 0 saturated carbocycles. The lowest BCUT2D eigenvalue weighted by molar-refractivity contribution is -0.177. The number of unbranched alkanes of at least 4 members (excludes halogenated alkanes) is 5. The minimum Gasteiger partial charge on any atom is -0.444 e. The molecule has 244 valence electrons. The second-order valence-corrected chi connectivity index (χ2v) is 14.5. The molecule has 0 bridgehead atoms. The number of hydrogen-bond donors (Lipinski definition) is 2. The summed E-state index contributed by atoms with van der Waals surface area (Å²) in [7, 11) is 0. The van der Waals surface area contributed by atoms with Crippen LogP contribution in [0.2, 0.25) is 0 Å². The lowest BCUT2D eigenvalue weighted by Gasteiger charge is -2.43. The van der Waals surface area contributed by atoms with Crippen molar-refractivity contribution in [2.75, 3.05) is 6.79 Å². The third-order valence-corrected chi connectivity index (χ3v) is 8.98. The molecule has 2 aliphatic heterocycles. The molecule has 1 aromatic carbocycles. The van der Waals surface area contributed by atoms with E-state index in [9.17, 15) is 24.0 Å². The van der Waals surface area contributed by atoms with Gasteiger partial charge in [0, 0.05) is 4.75 Å². The Balaban J connectivity index is 1.52. The van der Waals surface area contributed by atoms with Crippen molar-refractivity contribution in [2.24, 2.45) is 0 Å². The lowest BCUT2D eigenvalue weighted by atomic mass is 9.96. The molecule has 4 atom stereocenters. The summed E-state index contributed by atoms with van der Waals surface area (Å²) in [6.45, 7) is 10.3. The van der Waals surface area contributed by atoms with Crippen molar-refractivity contribution in [3.63, 3.8) is 0 Å². The van der Waals surface area contributed by atoms with Gasteiger partial charge in [-0.3, -0.25) is 9.59 Å². The van der Waals surface area contributed by atoms with Crippen LogP contribution in [-0.4, -0.2) is 75.4 Å². The zero-order valence-corrected chi connectivity index (χ0v) is 27.5. The molecule has 0 aliphatic carbocycles. The molecule has 2 fully saturated rings. The normalized spacial score (nSPS) is 21.0. The summed E-state index contributed by atoms with van der Waals surface area (Å²) >= 11 is 1.41. The van der Waals surface area contributed by atoms with Gasteiger partial charge in [-0.2, -0.15) is 0 Å². The van der Waals surface area contributed by atoms with Crippen LogP contribution >= 0.6 is 11.8 Å². The predicted molar refractivity (Wildman–Crippen MR) is 166 cm³/mol. The van der Waals surface area contributed by atoms with Gasteiger partial charge < -0.3 is 29.7 Å². The molecule has 44 heavy (non-hydrogen) atoms. The number of nitrogens with zero attached hydrogens (tertiary/aromatic N) is 1. The second kappa shape index (κ2) is 15.6. The minimum atomic E-state index is -0.963. The quantitative estimate of drug-likeness (QED) is 0.124. The summed E-state index contributed by atoms with van der Waals surface area (Å²) in [6.07, 6.45) is 5.78. The van der Waals surface area contributed by atoms with Crippen LogP contribution < -0.4 is 10.6 Å². The van der Waals surface area contributed by atoms with Gasteiger partial charge in [0.15, 0.2) is 0 Å². The van der Waals surface area contributed by atoms with Crippen LogP contribution in [0.25, 0.3) is 0 Å². The van der Waals surface area contributed by atoms with Crippen LogP contribution in [0, 0.1) is 0 Å². The summed E-state index contributed by atoms with van der Waals surface area (Å²) in [5.74, 6) is -2.10. The Labute approximate surface area is 264 Å². The first kappa shape index (κ1) is 35.2. The molecule has 11 nitrogen and oxygen atoms in total. The summed E-state index contributed by atoms with van der Waals surface area (Å²) in [4.78, 5) is 65.5. The maximum Gasteiger partial charge on any atom is 0.408 e. The van der Waals surface area contributed by atoms with Crippen LogP contribution in [0.5, 0.6) is 0 Å². The van der Waals surface area contributed by atoms with E-state index in [4.69, 9.17) is 14.2 Å². The predicted octanol–water partition coefficient (Wildman–Crippen LogP) is 4.46. The van der Waals surface area contributed by atoms with E-state index in [2.05, 4.69) is 17.6 Å². The Morgan fingerprint density at radius 2 is 1.66 bits per heavy atom. The molecule has 0 spiro atoms. The van der Waals surface area contributed by atoms with Crippen LogP contribution in [0.3, 0.4) is 0 Å². The summed E-state index contributed by atoms with van der Waals surface area (Å²) in [6, 6.07) is 6.59. The van der Waals surface area contributed by atoms with E-state index in [1.54, 1.807) is 20.8 Å². The van der Waals surface area contributed by atoms with Gasteiger partial charge in [0.05, 0.1) is 6.42 Å². The fourth-order valence-electron chi connectivity index (χ4n) is 5.28. The Hall–Kier alpha value is -3.28. The minimum absolute atomic E-state index is 0.144. The number of nitrogens with one attached hydrogen (secondary N) is 2. The van der Waals surface area contributed by atoms with Crippen molar-refractivity contribution in [3.8, 4) is 0 Å². The highest BCUT2D eigenvalue weighted by Crippen LogP contribution is 2.51. The molecule has 1 unspecified atom stereocenters. The summed E-state index contributed by atoms with van der Waals surface area (Å²) < 4.78 is 15.2. The van der Waals surface area contributed by atoms with Crippen molar-refractivity contribution >= 4 is 41.6 Å². The van der Waals surface area contributed by atoms with Crippen molar-refractivity contribution in [2.45, 2.75) is 127 Å². The van der Waals surface area contributed by atoms with Crippen molar-refractivity contribution in [1.29, 1.82) is 0 Å². The van der Waals surface area contributed by atoms with Gasteiger partial charge in [0.1, 0.15) is 29.1 Å². The van der Waals surface area contributed by atoms with E-state index in [1.165, 1.54) is 16.7 Å². The van der Waals surface area contributed by atoms with E-state index >= 15 is 0 Å². The number of rotatable bonds is 15. The number of hydrogen-bond acceptors (Lipinski definition) is 9. The first-order valence-corrected chi connectivity index (χ1v) is 16.3. The molecule has 1 aromatic rings. The SMILES string of the molecule is CCCCCCCCC(NC(=O)OC(C)(C)C)C(=O)OCOC(=O)[C@@H]1N2C(=O)[C@@H](NC(=O)Cc3ccccc3)[C@H]2SC1(C)C. The van der Waals surface area contributed by atoms with E-state index in [-0.39, 0.29) is 18.2 Å². The third kappa shape index (κ3) is 9.87. The molecular weight excluding hydrogens is 586 g/mol. The average Bonchev–Trinajstić information content (AvgIpc) is 3.20. The number of ether oxygens (including phenoxy) is 3. The Bertz CT molecular complexity index is 1170. The van der Waals surface area contributed by atoms with Gasteiger partial charge in [-0.15, -0.1) is 11.8 Å². The molecule has 3 amide bonds. The van der Waals surface area contributed by atoms with E-state index < -0.39 is 58.7 Å². The topological polar surface area (TPSA) is 140 Å². The standard InChI is InChI=1S/C32H47N3O8S/c1-7-8-9-10-11-15-18-22(33-30(40)43-31(2,3)4)28(38)41-20-42-29(39)25-32(5,6)44-27-24(26(37)35(25)27)34-23(36)19-21-16-13-12-14-17-21/h12-14,16-17,22,24-25,27H,7-11,15,18-20H2,1-6H3,(H,33,40)(H,34,36)/t22?,24-,25+,27-/m1/s1. The van der Waals surface area contributed by atoms with E-state index in [0.29, 0.717) is 12.8 Å². The molecule has 0 radical (unpaired) electrons. The molecule has 2 aliphatic rings. The fourth-order valence-corrected chi connectivity index (χ4v) is 6.91.